The van der Waals surface area contributed by atoms with E-state index in [0.29, 0.717) is 49.5 Å². The van der Waals surface area contributed by atoms with Crippen LogP contribution in [0.4, 0.5) is 6.01 Å². The molecule has 0 atom stereocenters. The molecule has 0 bridgehead atoms. The first-order valence-electron chi connectivity index (χ1n) is 11.6. The normalized spacial score (nSPS) is 22.9. The maximum Gasteiger partial charge on any atom is 0.318 e. The first kappa shape index (κ1) is 18.6. The average Bonchev–Trinajstić information content (AvgIpc) is 3.24. The molecule has 9 heteroatoms. The summed E-state index contributed by atoms with van der Waals surface area (Å²) in [6.45, 7) is 4.27. The predicted octanol–water partition coefficient (Wildman–Crippen LogP) is 2.50. The van der Waals surface area contributed by atoms with Crippen molar-refractivity contribution in [2.45, 2.75) is 31.7 Å². The van der Waals surface area contributed by atoms with Gasteiger partial charge in [-0.1, -0.05) is 11.2 Å². The number of amides is 1. The Balaban J connectivity index is 1.04. The lowest BCUT2D eigenvalue weighted by Gasteiger charge is -2.41. The Bertz CT molecular complexity index is 1180. The SMILES string of the molecule is O=C(C1CC2(CC2)C1)N1CCN(c2nnc(-c3ccc4cnn(C5COC5)c4c3)o2)CC1. The summed E-state index contributed by atoms with van der Waals surface area (Å²) in [6, 6.07) is 6.89. The maximum absolute atomic E-state index is 12.8. The van der Waals surface area contributed by atoms with Crippen LogP contribution in [0, 0.1) is 11.3 Å². The van der Waals surface area contributed by atoms with Gasteiger partial charge >= 0.3 is 6.01 Å². The Hall–Kier alpha value is -2.94. The van der Waals surface area contributed by atoms with Crippen molar-refractivity contribution in [2.75, 3.05) is 44.3 Å². The van der Waals surface area contributed by atoms with Crippen molar-refractivity contribution in [1.29, 1.82) is 0 Å². The minimum atomic E-state index is 0.258. The fourth-order valence-electron chi connectivity index (χ4n) is 5.41. The largest absolute Gasteiger partial charge is 0.403 e. The van der Waals surface area contributed by atoms with E-state index in [2.05, 4.69) is 26.3 Å². The molecule has 4 fully saturated rings. The second-order valence-corrected chi connectivity index (χ2v) is 9.86. The zero-order valence-corrected chi connectivity index (χ0v) is 17.9. The van der Waals surface area contributed by atoms with Crippen LogP contribution in [0.5, 0.6) is 0 Å². The first-order valence-corrected chi connectivity index (χ1v) is 11.6. The molecule has 2 saturated heterocycles. The number of aromatic nitrogens is 4. The van der Waals surface area contributed by atoms with E-state index in [1.54, 1.807) is 0 Å². The predicted molar refractivity (Wildman–Crippen MR) is 116 cm³/mol. The molecule has 166 valence electrons. The molecule has 0 N–H and O–H groups in total. The summed E-state index contributed by atoms with van der Waals surface area (Å²) in [4.78, 5) is 16.9. The van der Waals surface area contributed by atoms with Gasteiger partial charge in [-0.05, 0) is 43.2 Å². The number of ether oxygens (including phenoxy) is 1. The number of fused-ring (bicyclic) bond motifs is 1. The van der Waals surface area contributed by atoms with Gasteiger partial charge in [0.25, 0.3) is 0 Å². The summed E-state index contributed by atoms with van der Waals surface area (Å²) in [7, 11) is 0. The molecule has 1 spiro atoms. The fraction of sp³-hybridized carbons (Fsp3) is 0.565. The van der Waals surface area contributed by atoms with Gasteiger partial charge in [0, 0.05) is 43.0 Å². The van der Waals surface area contributed by atoms with Crippen molar-refractivity contribution < 1.29 is 13.9 Å². The molecule has 1 amide bonds. The summed E-state index contributed by atoms with van der Waals surface area (Å²) in [5, 5.41) is 14.2. The number of nitrogens with zero attached hydrogens (tertiary/aromatic N) is 6. The lowest BCUT2D eigenvalue weighted by Crippen LogP contribution is -2.52. The van der Waals surface area contributed by atoms with E-state index in [1.165, 1.54) is 12.8 Å². The second kappa shape index (κ2) is 6.78. The van der Waals surface area contributed by atoms with Crippen LogP contribution < -0.4 is 4.90 Å². The Morgan fingerprint density at radius 2 is 1.88 bits per heavy atom. The number of piperazine rings is 1. The monoisotopic (exact) mass is 434 g/mol. The third-order valence-electron chi connectivity index (χ3n) is 7.75. The van der Waals surface area contributed by atoms with Crippen LogP contribution >= 0.6 is 0 Å². The highest BCUT2D eigenvalue weighted by Crippen LogP contribution is 2.63. The van der Waals surface area contributed by atoms with Gasteiger partial charge in [0.05, 0.1) is 31.0 Å². The zero-order valence-electron chi connectivity index (χ0n) is 17.9. The Labute approximate surface area is 185 Å². The minimum absolute atomic E-state index is 0.258. The second-order valence-electron chi connectivity index (χ2n) is 9.86. The molecule has 4 aliphatic rings. The van der Waals surface area contributed by atoms with E-state index < -0.39 is 0 Å². The van der Waals surface area contributed by atoms with E-state index >= 15 is 0 Å². The molecule has 32 heavy (non-hydrogen) atoms. The topological polar surface area (TPSA) is 89.5 Å². The van der Waals surface area contributed by atoms with Crippen LogP contribution in [0.25, 0.3) is 22.4 Å². The van der Waals surface area contributed by atoms with Gasteiger partial charge in [-0.2, -0.15) is 5.10 Å². The van der Waals surface area contributed by atoms with Crippen LogP contribution in [0.1, 0.15) is 31.7 Å². The molecule has 9 nitrogen and oxygen atoms in total. The van der Waals surface area contributed by atoms with Gasteiger partial charge in [0.1, 0.15) is 0 Å². The van der Waals surface area contributed by atoms with Crippen LogP contribution in [0.2, 0.25) is 0 Å². The van der Waals surface area contributed by atoms with Gasteiger partial charge in [-0.3, -0.25) is 9.48 Å². The van der Waals surface area contributed by atoms with Gasteiger partial charge in [0.15, 0.2) is 0 Å². The number of carbonyl (C=O) groups excluding carboxylic acids is 1. The molecule has 2 aliphatic carbocycles. The van der Waals surface area contributed by atoms with E-state index in [-0.39, 0.29) is 12.0 Å². The summed E-state index contributed by atoms with van der Waals surface area (Å²) < 4.78 is 13.4. The molecule has 2 aromatic heterocycles. The van der Waals surface area contributed by atoms with E-state index in [0.717, 1.165) is 42.4 Å². The standard InChI is InChI=1S/C23H26N6O3/c30-21(17-10-23(11-17)3-4-23)27-5-7-28(8-6-27)22-26-25-20(32-22)15-1-2-16-12-24-29(19(16)9-15)18-13-31-14-18/h1-2,9,12,17-18H,3-8,10-11,13-14H2. The van der Waals surface area contributed by atoms with Gasteiger partial charge in [-0.15, -0.1) is 5.10 Å². The number of hydrogen-bond acceptors (Lipinski definition) is 7. The molecule has 1 aromatic carbocycles. The van der Waals surface area contributed by atoms with Crippen molar-refractivity contribution in [3.8, 4) is 11.5 Å². The Kier molecular flexibility index (Phi) is 3.94. The average molecular weight is 435 g/mol. The number of benzene rings is 1. The van der Waals surface area contributed by atoms with Crippen LogP contribution in [0.15, 0.2) is 28.8 Å². The number of carbonyl (C=O) groups is 1. The number of rotatable bonds is 4. The van der Waals surface area contributed by atoms with Crippen molar-refractivity contribution in [2.24, 2.45) is 11.3 Å². The number of hydrogen-bond donors (Lipinski definition) is 0. The van der Waals surface area contributed by atoms with Crippen LogP contribution in [-0.2, 0) is 9.53 Å². The maximum atomic E-state index is 12.8. The Morgan fingerprint density at radius 1 is 1.06 bits per heavy atom. The minimum Gasteiger partial charge on any atom is -0.403 e. The van der Waals surface area contributed by atoms with Crippen LogP contribution in [-0.4, -0.2) is 70.2 Å². The third kappa shape index (κ3) is 2.94. The molecule has 2 saturated carbocycles. The van der Waals surface area contributed by atoms with Gasteiger partial charge in [0.2, 0.25) is 11.8 Å². The lowest BCUT2D eigenvalue weighted by atomic mass is 9.71. The third-order valence-corrected chi connectivity index (χ3v) is 7.75. The summed E-state index contributed by atoms with van der Waals surface area (Å²) >= 11 is 0. The van der Waals surface area contributed by atoms with E-state index in [1.807, 2.05) is 27.9 Å². The smallest absolute Gasteiger partial charge is 0.318 e. The molecular formula is C23H26N6O3. The van der Waals surface area contributed by atoms with Crippen molar-refractivity contribution in [3.63, 3.8) is 0 Å². The molecule has 2 aliphatic heterocycles. The molecule has 3 aromatic rings. The van der Waals surface area contributed by atoms with E-state index in [4.69, 9.17) is 9.15 Å². The van der Waals surface area contributed by atoms with Gasteiger partial charge in [-0.25, -0.2) is 0 Å². The fourth-order valence-corrected chi connectivity index (χ4v) is 5.41. The summed E-state index contributed by atoms with van der Waals surface area (Å²) in [5.74, 6) is 1.10. The quantitative estimate of drug-likeness (QED) is 0.623. The number of anilines is 1. The molecular weight excluding hydrogens is 408 g/mol. The molecule has 4 heterocycles. The molecule has 0 radical (unpaired) electrons. The van der Waals surface area contributed by atoms with E-state index in [9.17, 15) is 4.79 Å². The highest BCUT2D eigenvalue weighted by atomic mass is 16.5. The van der Waals surface area contributed by atoms with Crippen molar-refractivity contribution >= 4 is 22.8 Å². The highest BCUT2D eigenvalue weighted by Gasteiger charge is 2.55. The van der Waals surface area contributed by atoms with Gasteiger partial charge < -0.3 is 19.0 Å². The zero-order chi connectivity index (χ0) is 21.3. The van der Waals surface area contributed by atoms with Crippen LogP contribution in [0.3, 0.4) is 0 Å². The first-order chi connectivity index (χ1) is 15.7. The highest BCUT2D eigenvalue weighted by molar-refractivity contribution is 5.83. The molecule has 7 rings (SSSR count). The van der Waals surface area contributed by atoms with Crippen molar-refractivity contribution in [3.05, 3.63) is 24.4 Å². The lowest BCUT2D eigenvalue weighted by molar-refractivity contribution is -0.141. The van der Waals surface area contributed by atoms with Crippen molar-refractivity contribution in [1.82, 2.24) is 24.9 Å². The Morgan fingerprint density at radius 3 is 2.59 bits per heavy atom. The summed E-state index contributed by atoms with van der Waals surface area (Å²) in [5.41, 5.74) is 2.49. The molecule has 0 unspecified atom stereocenters. The summed E-state index contributed by atoms with van der Waals surface area (Å²) in [6.07, 6.45) is 6.75.